The van der Waals surface area contributed by atoms with Crippen LogP contribution in [0, 0.1) is 5.92 Å². The molecule has 6 heteroatoms. The first kappa shape index (κ1) is 15.6. The number of carbonyl (C=O) groups excluding carboxylic acids is 2. The Balaban J connectivity index is 1.70. The molecule has 0 aliphatic carbocycles. The van der Waals surface area contributed by atoms with Crippen molar-refractivity contribution >= 4 is 11.8 Å². The van der Waals surface area contributed by atoms with E-state index in [1.165, 1.54) is 0 Å². The van der Waals surface area contributed by atoms with Crippen LogP contribution in [0.25, 0.3) is 0 Å². The molecule has 0 unspecified atom stereocenters. The number of fused-ring (bicyclic) bond motifs is 1. The lowest BCUT2D eigenvalue weighted by Crippen LogP contribution is -2.49. The second kappa shape index (κ2) is 5.76. The van der Waals surface area contributed by atoms with Crippen LogP contribution in [0.4, 0.5) is 0 Å². The number of likely N-dealkylation sites (tertiary alicyclic amines) is 1. The molecule has 23 heavy (non-hydrogen) atoms. The number of rotatable bonds is 4. The summed E-state index contributed by atoms with van der Waals surface area (Å²) in [6.07, 6.45) is 0.502. The fourth-order valence-electron chi connectivity index (χ4n) is 3.31. The van der Waals surface area contributed by atoms with E-state index in [4.69, 9.17) is 9.47 Å². The average molecular weight is 318 g/mol. The van der Waals surface area contributed by atoms with Gasteiger partial charge in [-0.1, -0.05) is 12.1 Å². The maximum absolute atomic E-state index is 12.8. The summed E-state index contributed by atoms with van der Waals surface area (Å²) in [7, 11) is 1.57. The topological polar surface area (TPSA) is 67.9 Å². The highest BCUT2D eigenvalue weighted by molar-refractivity contribution is 5.86. The van der Waals surface area contributed by atoms with Gasteiger partial charge in [0.15, 0.2) is 17.1 Å². The van der Waals surface area contributed by atoms with Gasteiger partial charge in [0.2, 0.25) is 5.91 Å². The summed E-state index contributed by atoms with van der Waals surface area (Å²) < 4.78 is 11.2. The van der Waals surface area contributed by atoms with Crippen molar-refractivity contribution < 1.29 is 19.1 Å². The molecule has 2 heterocycles. The molecule has 1 aromatic carbocycles. The summed E-state index contributed by atoms with van der Waals surface area (Å²) in [4.78, 5) is 26.0. The molecule has 1 N–H and O–H groups in total. The van der Waals surface area contributed by atoms with Crippen LogP contribution in [0.1, 0.15) is 20.3 Å². The zero-order valence-electron chi connectivity index (χ0n) is 13.7. The Morgan fingerprint density at radius 2 is 1.96 bits per heavy atom. The molecule has 0 saturated carbocycles. The van der Waals surface area contributed by atoms with E-state index in [9.17, 15) is 9.59 Å². The molecule has 2 atom stereocenters. The van der Waals surface area contributed by atoms with E-state index >= 15 is 0 Å². The number of amides is 2. The number of ether oxygens (including phenoxy) is 2. The number of methoxy groups -OCH3 is 1. The first-order chi connectivity index (χ1) is 10.9. The second-order valence-electron chi connectivity index (χ2n) is 6.61. The Kier molecular flexibility index (Phi) is 3.92. The minimum atomic E-state index is -1.00. The van der Waals surface area contributed by atoms with E-state index in [1.807, 2.05) is 12.1 Å². The summed E-state index contributed by atoms with van der Waals surface area (Å²) in [6.45, 7) is 4.66. The third-order valence-corrected chi connectivity index (χ3v) is 4.47. The van der Waals surface area contributed by atoms with Crippen LogP contribution in [-0.4, -0.2) is 48.6 Å². The van der Waals surface area contributed by atoms with Gasteiger partial charge >= 0.3 is 0 Å². The van der Waals surface area contributed by atoms with Gasteiger partial charge in [-0.2, -0.15) is 0 Å². The molecule has 2 aliphatic heterocycles. The van der Waals surface area contributed by atoms with Gasteiger partial charge in [0.1, 0.15) is 0 Å². The van der Waals surface area contributed by atoms with Crippen molar-refractivity contribution in [1.29, 1.82) is 0 Å². The molecule has 2 amide bonds. The summed E-state index contributed by atoms with van der Waals surface area (Å²) >= 11 is 0. The Morgan fingerprint density at radius 3 is 2.61 bits per heavy atom. The quantitative estimate of drug-likeness (QED) is 0.906. The molecule has 0 aromatic heterocycles. The third kappa shape index (κ3) is 2.98. The Bertz CT molecular complexity index is 613. The van der Waals surface area contributed by atoms with Crippen molar-refractivity contribution in [2.24, 2.45) is 5.92 Å². The molecule has 124 valence electrons. The van der Waals surface area contributed by atoms with E-state index in [1.54, 1.807) is 38.0 Å². The lowest BCUT2D eigenvalue weighted by Gasteiger charge is -2.30. The minimum Gasteiger partial charge on any atom is -0.493 e. The van der Waals surface area contributed by atoms with Crippen molar-refractivity contribution in [3.05, 3.63) is 24.3 Å². The van der Waals surface area contributed by atoms with Crippen molar-refractivity contribution in [3.63, 3.8) is 0 Å². The van der Waals surface area contributed by atoms with E-state index < -0.39 is 5.60 Å². The Labute approximate surface area is 135 Å². The molecule has 0 bridgehead atoms. The standard InChI is InChI=1S/C17H22N2O4/c1-17(2,23-14-7-5-4-6-13(14)22-3)16(21)19-9-11-8-15(20)18-12(11)10-19/h4-7,11-12H,8-10H2,1-3H3,(H,18,20)/t11-,12+/m0/s1. The van der Waals surface area contributed by atoms with Gasteiger partial charge in [-0.3, -0.25) is 9.59 Å². The predicted molar refractivity (Wildman–Crippen MR) is 84.3 cm³/mol. The van der Waals surface area contributed by atoms with Crippen LogP contribution >= 0.6 is 0 Å². The number of para-hydroxylation sites is 2. The van der Waals surface area contributed by atoms with Crippen LogP contribution in [0.2, 0.25) is 0 Å². The van der Waals surface area contributed by atoms with Crippen molar-refractivity contribution in [1.82, 2.24) is 10.2 Å². The highest BCUT2D eigenvalue weighted by Crippen LogP contribution is 2.32. The van der Waals surface area contributed by atoms with Crippen molar-refractivity contribution in [3.8, 4) is 11.5 Å². The van der Waals surface area contributed by atoms with Gasteiger partial charge in [0.25, 0.3) is 5.91 Å². The number of nitrogens with one attached hydrogen (secondary N) is 1. The lowest BCUT2D eigenvalue weighted by atomic mass is 10.1. The molecule has 6 nitrogen and oxygen atoms in total. The number of nitrogens with zero attached hydrogens (tertiary/aromatic N) is 1. The fraction of sp³-hybridized carbons (Fsp3) is 0.529. The van der Waals surface area contributed by atoms with Crippen LogP contribution in [0.15, 0.2) is 24.3 Å². The maximum Gasteiger partial charge on any atom is 0.266 e. The van der Waals surface area contributed by atoms with Crippen molar-refractivity contribution in [2.75, 3.05) is 20.2 Å². The molecule has 2 fully saturated rings. The monoisotopic (exact) mass is 318 g/mol. The largest absolute Gasteiger partial charge is 0.493 e. The molecule has 0 radical (unpaired) electrons. The van der Waals surface area contributed by atoms with Crippen LogP contribution in [-0.2, 0) is 9.59 Å². The van der Waals surface area contributed by atoms with Gasteiger partial charge in [-0.15, -0.1) is 0 Å². The van der Waals surface area contributed by atoms with E-state index in [0.29, 0.717) is 31.0 Å². The molecule has 3 rings (SSSR count). The van der Waals surface area contributed by atoms with Gasteiger partial charge in [-0.25, -0.2) is 0 Å². The number of hydrogen-bond acceptors (Lipinski definition) is 4. The summed E-state index contributed by atoms with van der Waals surface area (Å²) in [5.41, 5.74) is -1.00. The first-order valence-electron chi connectivity index (χ1n) is 7.81. The molecule has 0 spiro atoms. The Hall–Kier alpha value is -2.24. The average Bonchev–Trinajstić information content (AvgIpc) is 3.03. The van der Waals surface area contributed by atoms with E-state index in [-0.39, 0.29) is 23.8 Å². The van der Waals surface area contributed by atoms with Crippen LogP contribution < -0.4 is 14.8 Å². The maximum atomic E-state index is 12.8. The normalized spacial score (nSPS) is 23.4. The minimum absolute atomic E-state index is 0.0768. The SMILES string of the molecule is COc1ccccc1OC(C)(C)C(=O)N1C[C@@H]2CC(=O)N[C@@H]2C1. The van der Waals surface area contributed by atoms with Crippen LogP contribution in [0.3, 0.4) is 0 Å². The highest BCUT2D eigenvalue weighted by Gasteiger charge is 2.45. The second-order valence-corrected chi connectivity index (χ2v) is 6.61. The van der Waals surface area contributed by atoms with Crippen molar-refractivity contribution in [2.45, 2.75) is 31.9 Å². The number of hydrogen-bond donors (Lipinski definition) is 1. The smallest absolute Gasteiger partial charge is 0.266 e. The zero-order chi connectivity index (χ0) is 16.6. The molecular formula is C17H22N2O4. The third-order valence-electron chi connectivity index (χ3n) is 4.47. The Morgan fingerprint density at radius 1 is 1.26 bits per heavy atom. The molecule has 2 aliphatic rings. The molecule has 1 aromatic rings. The molecular weight excluding hydrogens is 296 g/mol. The predicted octanol–water partition coefficient (Wildman–Crippen LogP) is 1.20. The zero-order valence-corrected chi connectivity index (χ0v) is 13.7. The lowest BCUT2D eigenvalue weighted by molar-refractivity contribution is -0.145. The van der Waals surface area contributed by atoms with Gasteiger partial charge in [0.05, 0.1) is 13.2 Å². The summed E-state index contributed by atoms with van der Waals surface area (Å²) in [5.74, 6) is 1.36. The van der Waals surface area contributed by atoms with Gasteiger partial charge in [-0.05, 0) is 26.0 Å². The summed E-state index contributed by atoms with van der Waals surface area (Å²) in [6, 6.07) is 7.35. The van der Waals surface area contributed by atoms with Gasteiger partial charge < -0.3 is 19.7 Å². The van der Waals surface area contributed by atoms with Gasteiger partial charge in [0, 0.05) is 25.4 Å². The number of carbonyl (C=O) groups is 2. The fourth-order valence-corrected chi connectivity index (χ4v) is 3.31. The van der Waals surface area contributed by atoms with E-state index in [0.717, 1.165) is 0 Å². The molecule has 2 saturated heterocycles. The van der Waals surface area contributed by atoms with Crippen LogP contribution in [0.5, 0.6) is 11.5 Å². The first-order valence-corrected chi connectivity index (χ1v) is 7.81. The number of benzene rings is 1. The van der Waals surface area contributed by atoms with E-state index in [2.05, 4.69) is 5.32 Å². The highest BCUT2D eigenvalue weighted by atomic mass is 16.5. The summed E-state index contributed by atoms with van der Waals surface area (Å²) in [5, 5.41) is 2.93.